The first kappa shape index (κ1) is 23.0. The van der Waals surface area contributed by atoms with Crippen LogP contribution in [0.25, 0.3) is 0 Å². The Bertz CT molecular complexity index is 920. The number of hydrogen-bond donors (Lipinski definition) is 2. The van der Waals surface area contributed by atoms with Gasteiger partial charge in [-0.15, -0.1) is 11.8 Å². The molecule has 4 unspecified atom stereocenters. The summed E-state index contributed by atoms with van der Waals surface area (Å²) in [5, 5.41) is 13.5. The number of aliphatic hydroxyl groups excluding tert-OH is 1. The fourth-order valence-electron chi connectivity index (χ4n) is 3.84. The highest BCUT2D eigenvalue weighted by Gasteiger charge is 2.34. The Kier molecular flexibility index (Phi) is 7.37. The van der Waals surface area contributed by atoms with E-state index in [2.05, 4.69) is 12.2 Å². The number of anilines is 1. The first-order valence-corrected chi connectivity index (χ1v) is 11.1. The number of halogens is 4. The van der Waals surface area contributed by atoms with Crippen LogP contribution in [-0.4, -0.2) is 22.4 Å². The van der Waals surface area contributed by atoms with Gasteiger partial charge in [0.05, 0.1) is 11.1 Å². The maximum Gasteiger partial charge on any atom is 0.255 e. The monoisotopic (exact) mass is 457 g/mol. The number of amides is 1. The molecule has 3 rings (SSSR count). The van der Waals surface area contributed by atoms with Crippen molar-refractivity contribution in [1.82, 2.24) is 0 Å². The third-order valence-corrected chi connectivity index (χ3v) is 7.27. The molecule has 0 heterocycles. The van der Waals surface area contributed by atoms with Crippen LogP contribution in [-0.2, 0) is 0 Å². The number of rotatable bonds is 5. The largest absolute Gasteiger partial charge is 0.393 e. The maximum absolute atomic E-state index is 13.4. The van der Waals surface area contributed by atoms with Gasteiger partial charge in [-0.1, -0.05) is 31.9 Å². The van der Waals surface area contributed by atoms with Crippen LogP contribution in [0, 0.1) is 29.3 Å². The van der Waals surface area contributed by atoms with Gasteiger partial charge in [-0.05, 0) is 42.9 Å². The Balaban J connectivity index is 1.75. The summed E-state index contributed by atoms with van der Waals surface area (Å²) in [5.74, 6) is -4.53. The zero-order valence-corrected chi connectivity index (χ0v) is 18.2. The molecule has 1 aliphatic rings. The Labute approximate surface area is 183 Å². The van der Waals surface area contributed by atoms with Crippen LogP contribution in [0.3, 0.4) is 0 Å². The van der Waals surface area contributed by atoms with E-state index >= 15 is 0 Å². The molecule has 1 aliphatic carbocycles. The lowest BCUT2D eigenvalue weighted by Crippen LogP contribution is -2.36. The summed E-state index contributed by atoms with van der Waals surface area (Å²) in [5.41, 5.74) is 0.0874. The van der Waals surface area contributed by atoms with Crippen molar-refractivity contribution in [3.8, 4) is 0 Å². The minimum Gasteiger partial charge on any atom is -0.393 e. The van der Waals surface area contributed by atoms with Gasteiger partial charge in [-0.3, -0.25) is 4.79 Å². The van der Waals surface area contributed by atoms with Crippen LogP contribution in [0.1, 0.15) is 43.5 Å². The molecule has 3 nitrogen and oxygen atoms in total. The highest BCUT2D eigenvalue weighted by atomic mass is 35.5. The van der Waals surface area contributed by atoms with Crippen LogP contribution < -0.4 is 5.32 Å². The fourth-order valence-corrected chi connectivity index (χ4v) is 5.57. The molecule has 2 aromatic carbocycles. The van der Waals surface area contributed by atoms with E-state index in [4.69, 9.17) is 11.6 Å². The average Bonchev–Trinajstić information content (AvgIpc) is 2.70. The van der Waals surface area contributed by atoms with Gasteiger partial charge in [0.15, 0.2) is 17.5 Å². The lowest BCUT2D eigenvalue weighted by atomic mass is 9.78. The van der Waals surface area contributed by atoms with E-state index in [0.29, 0.717) is 5.02 Å². The zero-order valence-electron chi connectivity index (χ0n) is 16.6. The molecule has 0 aliphatic heterocycles. The van der Waals surface area contributed by atoms with Crippen molar-refractivity contribution >= 4 is 35.0 Å². The predicted octanol–water partition coefficient (Wildman–Crippen LogP) is 6.29. The highest BCUT2D eigenvalue weighted by molar-refractivity contribution is 8.00. The number of hydrogen-bond acceptors (Lipinski definition) is 3. The van der Waals surface area contributed by atoms with Gasteiger partial charge in [0.25, 0.3) is 5.91 Å². The van der Waals surface area contributed by atoms with E-state index in [-0.39, 0.29) is 34.4 Å². The number of benzene rings is 2. The average molecular weight is 458 g/mol. The number of carbonyl (C=O) groups is 1. The lowest BCUT2D eigenvalue weighted by Gasteiger charge is -2.37. The SMILES string of the molecule is CCC1CC(Sc2cc(C(=O)Nc3cc(F)c(F)c(F)c3)ccc2Cl)CC(C)C1O. The van der Waals surface area contributed by atoms with E-state index in [1.807, 2.05) is 6.92 Å². The van der Waals surface area contributed by atoms with Gasteiger partial charge in [0.1, 0.15) is 0 Å². The van der Waals surface area contributed by atoms with Crippen LogP contribution in [0.15, 0.2) is 35.2 Å². The molecular formula is C22H23ClF3NO2S. The van der Waals surface area contributed by atoms with Gasteiger partial charge in [-0.25, -0.2) is 13.2 Å². The Morgan fingerprint density at radius 2 is 1.87 bits per heavy atom. The van der Waals surface area contributed by atoms with Crippen molar-refractivity contribution in [1.29, 1.82) is 0 Å². The highest BCUT2D eigenvalue weighted by Crippen LogP contribution is 2.42. The van der Waals surface area contributed by atoms with E-state index in [1.54, 1.807) is 23.9 Å². The molecule has 2 aromatic rings. The molecule has 162 valence electrons. The van der Waals surface area contributed by atoms with Crippen LogP contribution in [0.4, 0.5) is 18.9 Å². The molecule has 4 atom stereocenters. The van der Waals surface area contributed by atoms with Crippen LogP contribution in [0.5, 0.6) is 0 Å². The van der Waals surface area contributed by atoms with Crippen molar-refractivity contribution in [3.63, 3.8) is 0 Å². The molecule has 30 heavy (non-hydrogen) atoms. The predicted molar refractivity (Wildman–Crippen MR) is 114 cm³/mol. The van der Waals surface area contributed by atoms with Crippen molar-refractivity contribution in [2.75, 3.05) is 5.32 Å². The second kappa shape index (κ2) is 9.62. The lowest BCUT2D eigenvalue weighted by molar-refractivity contribution is 0.0260. The molecule has 1 saturated carbocycles. The quantitative estimate of drug-likeness (QED) is 0.519. The number of aliphatic hydroxyl groups is 1. The molecule has 1 amide bonds. The van der Waals surface area contributed by atoms with Crippen molar-refractivity contribution < 1.29 is 23.1 Å². The maximum atomic E-state index is 13.4. The molecule has 0 bridgehead atoms. The number of carbonyl (C=O) groups excluding carboxylic acids is 1. The molecule has 1 fully saturated rings. The summed E-state index contributed by atoms with van der Waals surface area (Å²) >= 11 is 7.90. The molecular weight excluding hydrogens is 435 g/mol. The second-order valence-electron chi connectivity index (χ2n) is 7.70. The second-order valence-corrected chi connectivity index (χ2v) is 9.45. The summed E-state index contributed by atoms with van der Waals surface area (Å²) in [6, 6.07) is 6.20. The summed E-state index contributed by atoms with van der Waals surface area (Å²) in [4.78, 5) is 13.3. The molecule has 0 radical (unpaired) electrons. The van der Waals surface area contributed by atoms with E-state index in [0.717, 1.165) is 36.3 Å². The molecule has 0 aromatic heterocycles. The molecule has 8 heteroatoms. The third-order valence-electron chi connectivity index (χ3n) is 5.52. The summed E-state index contributed by atoms with van der Waals surface area (Å²) in [6.07, 6.45) is 2.27. The fraction of sp³-hybridized carbons (Fsp3) is 0.409. The molecule has 0 saturated heterocycles. The van der Waals surface area contributed by atoms with Gasteiger partial charge in [0, 0.05) is 33.5 Å². The number of nitrogens with one attached hydrogen (secondary N) is 1. The molecule has 0 spiro atoms. The van der Waals surface area contributed by atoms with E-state index in [9.17, 15) is 23.1 Å². The van der Waals surface area contributed by atoms with Gasteiger partial charge >= 0.3 is 0 Å². The minimum atomic E-state index is -1.59. The van der Waals surface area contributed by atoms with Gasteiger partial charge < -0.3 is 10.4 Å². The van der Waals surface area contributed by atoms with Crippen molar-refractivity contribution in [2.24, 2.45) is 11.8 Å². The standard InChI is InChI=1S/C22H23ClF3NO2S/c1-3-12-7-15(6-11(2)21(12)28)30-19-8-13(4-5-16(19)23)22(29)27-14-9-17(24)20(26)18(25)10-14/h4-5,8-12,15,21,28H,3,6-7H2,1-2H3,(H,27,29). The van der Waals surface area contributed by atoms with Crippen molar-refractivity contribution in [2.45, 2.75) is 49.4 Å². The number of thioether (sulfide) groups is 1. The summed E-state index contributed by atoms with van der Waals surface area (Å²) in [6.45, 7) is 4.10. The Morgan fingerprint density at radius 1 is 1.20 bits per heavy atom. The first-order chi connectivity index (χ1) is 14.2. The smallest absolute Gasteiger partial charge is 0.255 e. The summed E-state index contributed by atoms with van der Waals surface area (Å²) in [7, 11) is 0. The minimum absolute atomic E-state index is 0.176. The van der Waals surface area contributed by atoms with Gasteiger partial charge in [0.2, 0.25) is 0 Å². The zero-order chi connectivity index (χ0) is 22.0. The van der Waals surface area contributed by atoms with Crippen molar-refractivity contribution in [3.05, 3.63) is 58.4 Å². The van der Waals surface area contributed by atoms with Gasteiger partial charge in [-0.2, -0.15) is 0 Å². The molecule has 2 N–H and O–H groups in total. The van der Waals surface area contributed by atoms with E-state index in [1.165, 1.54) is 6.07 Å². The Hall–Kier alpha value is -1.70. The normalized spacial score (nSPS) is 24.0. The van der Waals surface area contributed by atoms with E-state index < -0.39 is 23.4 Å². The third kappa shape index (κ3) is 5.13. The van der Waals surface area contributed by atoms with Crippen LogP contribution in [0.2, 0.25) is 5.02 Å². The Morgan fingerprint density at radius 3 is 2.50 bits per heavy atom. The summed E-state index contributed by atoms with van der Waals surface area (Å²) < 4.78 is 39.9. The van der Waals surface area contributed by atoms with Crippen LogP contribution >= 0.6 is 23.4 Å². The topological polar surface area (TPSA) is 49.3 Å². The first-order valence-electron chi connectivity index (χ1n) is 9.79.